The monoisotopic (exact) mass is 751 g/mol. The lowest BCUT2D eigenvalue weighted by Crippen LogP contribution is -2.58. The fraction of sp³-hybridized carbons (Fsp3) is 0.528. The number of ether oxygens (including phenoxy) is 1. The van der Waals surface area contributed by atoms with Crippen LogP contribution in [0.25, 0.3) is 11.0 Å². The van der Waals surface area contributed by atoms with Crippen LogP contribution in [0, 0.1) is 18.7 Å². The number of carbonyl (C=O) groups is 4. The van der Waals surface area contributed by atoms with Crippen LogP contribution in [0.5, 0.6) is 5.88 Å². The van der Waals surface area contributed by atoms with Crippen LogP contribution in [0.15, 0.2) is 40.9 Å². The van der Waals surface area contributed by atoms with Crippen LogP contribution in [-0.4, -0.2) is 87.6 Å². The van der Waals surface area contributed by atoms with Gasteiger partial charge in [0.2, 0.25) is 27.7 Å². The second kappa shape index (κ2) is 14.5. The average molecular weight is 752 g/mol. The van der Waals surface area contributed by atoms with Crippen LogP contribution >= 0.6 is 0 Å². The van der Waals surface area contributed by atoms with Gasteiger partial charge in [0.15, 0.2) is 11.5 Å². The van der Waals surface area contributed by atoms with Gasteiger partial charge in [-0.2, -0.15) is 0 Å². The first-order chi connectivity index (χ1) is 25.4. The Morgan fingerprint density at radius 3 is 2.72 bits per heavy atom. The Morgan fingerprint density at radius 1 is 1.15 bits per heavy atom. The van der Waals surface area contributed by atoms with E-state index in [2.05, 4.69) is 30.5 Å². The molecular formula is C36H42FN7O8S. The molecule has 4 heterocycles. The van der Waals surface area contributed by atoms with E-state index in [-0.39, 0.29) is 42.9 Å². The van der Waals surface area contributed by atoms with Crippen LogP contribution in [0.2, 0.25) is 0 Å². The zero-order valence-electron chi connectivity index (χ0n) is 29.5. The number of aromatic nitrogens is 3. The fourth-order valence-corrected chi connectivity index (χ4v) is 8.42. The highest BCUT2D eigenvalue weighted by atomic mass is 32.2. The summed E-state index contributed by atoms with van der Waals surface area (Å²) >= 11 is 0. The molecule has 0 bridgehead atoms. The van der Waals surface area contributed by atoms with Crippen molar-refractivity contribution in [1.82, 2.24) is 35.4 Å². The number of fused-ring (bicyclic) bond motifs is 3. The van der Waals surface area contributed by atoms with Crippen molar-refractivity contribution < 1.29 is 41.2 Å². The third-order valence-corrected chi connectivity index (χ3v) is 12.2. The Kier molecular flexibility index (Phi) is 9.95. The number of benzene rings is 1. The number of hydrogen-bond acceptors (Lipinski definition) is 11. The number of carbonyl (C=O) groups excluding carboxylic acids is 4. The van der Waals surface area contributed by atoms with E-state index >= 15 is 0 Å². The second-order valence-corrected chi connectivity index (χ2v) is 16.2. The minimum absolute atomic E-state index is 0.00133. The van der Waals surface area contributed by atoms with E-state index in [9.17, 15) is 32.0 Å². The number of nitrogens with zero attached hydrogens (tertiary/aromatic N) is 4. The third kappa shape index (κ3) is 7.61. The van der Waals surface area contributed by atoms with Gasteiger partial charge in [0.05, 0.1) is 17.3 Å². The summed E-state index contributed by atoms with van der Waals surface area (Å²) in [5, 5.41) is 8.81. The minimum atomic E-state index is -3.92. The average Bonchev–Trinajstić information content (AvgIpc) is 4.00. The summed E-state index contributed by atoms with van der Waals surface area (Å²) < 4.78 is 53.9. The molecule has 3 aromatic rings. The fourth-order valence-electron chi connectivity index (χ4n) is 7.05. The van der Waals surface area contributed by atoms with Crippen molar-refractivity contribution in [2.75, 3.05) is 6.54 Å². The number of amides is 4. The van der Waals surface area contributed by atoms with Crippen molar-refractivity contribution in [3.63, 3.8) is 0 Å². The van der Waals surface area contributed by atoms with E-state index in [0.717, 1.165) is 12.8 Å². The van der Waals surface area contributed by atoms with Crippen molar-refractivity contribution in [3.8, 4) is 5.88 Å². The quantitative estimate of drug-likeness (QED) is 0.286. The number of aryl methyl sites for hydroxylation is 2. The van der Waals surface area contributed by atoms with Crippen LogP contribution in [-0.2, 0) is 30.8 Å². The van der Waals surface area contributed by atoms with Crippen molar-refractivity contribution in [3.05, 3.63) is 59.4 Å². The molecule has 3 N–H and O–H groups in total. The lowest BCUT2D eigenvalue weighted by atomic mass is 10.0. The summed E-state index contributed by atoms with van der Waals surface area (Å²) in [4.78, 5) is 65.9. The molecule has 5 atom stereocenters. The van der Waals surface area contributed by atoms with E-state index < -0.39 is 74.4 Å². The molecule has 2 aliphatic heterocycles. The predicted molar refractivity (Wildman–Crippen MR) is 187 cm³/mol. The van der Waals surface area contributed by atoms with E-state index in [4.69, 9.17) is 9.26 Å². The molecule has 0 spiro atoms. The molecule has 0 unspecified atom stereocenters. The Labute approximate surface area is 305 Å². The highest BCUT2D eigenvalue weighted by molar-refractivity contribution is 7.91. The number of halogens is 1. The molecule has 4 amide bonds. The number of sulfonamides is 1. The molecule has 17 heteroatoms. The molecule has 1 aromatic carbocycles. The molecule has 15 nitrogen and oxygen atoms in total. The SMILES string of the molecule is CCc1cc(C(=O)N[C@H]2CCCCC/C=C\[C@@H]3C[C@@]3(C(=O)NS(=O)(=O)C3CC3)NC(=O)[C@@H]3C[C@@H](Oc4nc5c(F)cccc5nc4C)CN3C2=O)no1. The zero-order valence-corrected chi connectivity index (χ0v) is 30.3. The molecule has 2 aromatic heterocycles. The number of para-hydroxylation sites is 1. The van der Waals surface area contributed by atoms with E-state index in [1.165, 1.54) is 23.1 Å². The molecule has 4 aliphatic rings. The van der Waals surface area contributed by atoms with Gasteiger partial charge in [-0.05, 0) is 57.6 Å². The molecule has 7 rings (SSSR count). The molecular weight excluding hydrogens is 710 g/mol. The maximum Gasteiger partial charge on any atom is 0.274 e. The normalized spacial score (nSPS) is 27.1. The Morgan fingerprint density at radius 2 is 1.96 bits per heavy atom. The maximum absolute atomic E-state index is 14.7. The molecule has 1 saturated heterocycles. The van der Waals surface area contributed by atoms with Crippen molar-refractivity contribution in [1.29, 1.82) is 0 Å². The number of allylic oxidation sites excluding steroid dienone is 1. The van der Waals surface area contributed by atoms with Gasteiger partial charge in [-0.1, -0.05) is 43.1 Å². The summed E-state index contributed by atoms with van der Waals surface area (Å²) in [6.07, 6.45) is 7.50. The summed E-state index contributed by atoms with van der Waals surface area (Å²) in [6.45, 7) is 3.39. The number of rotatable bonds is 8. The Bertz CT molecular complexity index is 2090. The smallest absolute Gasteiger partial charge is 0.274 e. The summed E-state index contributed by atoms with van der Waals surface area (Å²) in [5.41, 5.74) is -0.829. The number of nitrogens with one attached hydrogen (secondary N) is 3. The van der Waals surface area contributed by atoms with Crippen molar-refractivity contribution >= 4 is 44.7 Å². The third-order valence-electron chi connectivity index (χ3n) is 10.3. The minimum Gasteiger partial charge on any atom is -0.471 e. The topological polar surface area (TPSA) is 203 Å². The van der Waals surface area contributed by atoms with Gasteiger partial charge in [-0.3, -0.25) is 23.9 Å². The molecule has 2 aliphatic carbocycles. The van der Waals surface area contributed by atoms with Crippen molar-refractivity contribution in [2.45, 2.75) is 107 Å². The van der Waals surface area contributed by atoms with Gasteiger partial charge in [0, 0.05) is 24.8 Å². The van der Waals surface area contributed by atoms with Crippen LogP contribution in [0.4, 0.5) is 4.39 Å². The van der Waals surface area contributed by atoms with Gasteiger partial charge in [0.25, 0.3) is 11.8 Å². The van der Waals surface area contributed by atoms with E-state index in [0.29, 0.717) is 49.1 Å². The highest BCUT2D eigenvalue weighted by Gasteiger charge is 2.62. The first kappa shape index (κ1) is 36.4. The van der Waals surface area contributed by atoms with Crippen LogP contribution < -0.4 is 20.1 Å². The van der Waals surface area contributed by atoms with E-state index in [1.54, 1.807) is 13.0 Å². The lowest BCUT2D eigenvalue weighted by Gasteiger charge is -2.29. The van der Waals surface area contributed by atoms with Gasteiger partial charge in [0.1, 0.15) is 40.7 Å². The standard InChI is InChI=1S/C36H42FN7O8S/c1-3-22-16-28(42-52-22)31(45)39-27-12-8-6-4-5-7-10-21-18-36(21,35(48)43-53(49,50)24-14-15-24)41-32(46)29-17-23(19-44(29)34(27)47)51-33-20(2)38-26-13-9-11-25(37)30(26)40-33/h7,9-11,13,16,21,23-24,27,29H,3-6,8,12,14-15,17-19H2,1-2H3,(H,39,45)(H,41,46)(H,43,48)/b10-7-/t21-,23-,27+,29+,36-/m1/s1. The molecule has 3 fully saturated rings. The summed E-state index contributed by atoms with van der Waals surface area (Å²) in [5.74, 6) is -3.20. The zero-order chi connectivity index (χ0) is 37.5. The number of hydrogen-bond donors (Lipinski definition) is 3. The maximum atomic E-state index is 14.7. The van der Waals surface area contributed by atoms with Crippen LogP contribution in [0.3, 0.4) is 0 Å². The first-order valence-corrected chi connectivity index (χ1v) is 19.6. The summed E-state index contributed by atoms with van der Waals surface area (Å²) in [7, 11) is -3.92. The summed E-state index contributed by atoms with van der Waals surface area (Å²) in [6, 6.07) is 3.67. The Balaban J connectivity index is 1.19. The lowest BCUT2D eigenvalue weighted by molar-refractivity contribution is -0.141. The largest absolute Gasteiger partial charge is 0.471 e. The van der Waals surface area contributed by atoms with Gasteiger partial charge < -0.3 is 24.8 Å². The Hall–Kier alpha value is -4.93. The second-order valence-electron chi connectivity index (χ2n) is 14.3. The van der Waals surface area contributed by atoms with Crippen molar-refractivity contribution in [2.24, 2.45) is 5.92 Å². The van der Waals surface area contributed by atoms with Gasteiger partial charge >= 0.3 is 0 Å². The first-order valence-electron chi connectivity index (χ1n) is 18.1. The highest BCUT2D eigenvalue weighted by Crippen LogP contribution is 2.46. The molecule has 0 radical (unpaired) electrons. The van der Waals surface area contributed by atoms with E-state index in [1.807, 2.05) is 19.1 Å². The molecule has 53 heavy (non-hydrogen) atoms. The predicted octanol–water partition coefficient (Wildman–Crippen LogP) is 2.78. The molecule has 2 saturated carbocycles. The van der Waals surface area contributed by atoms with Crippen LogP contribution in [0.1, 0.15) is 86.7 Å². The van der Waals surface area contributed by atoms with Gasteiger partial charge in [-0.15, -0.1) is 0 Å². The van der Waals surface area contributed by atoms with Gasteiger partial charge in [-0.25, -0.2) is 22.8 Å². The molecule has 282 valence electrons.